The summed E-state index contributed by atoms with van der Waals surface area (Å²) < 4.78 is 10.9. The molecule has 0 spiro atoms. The third-order valence-corrected chi connectivity index (χ3v) is 2.51. The molecule has 0 N–H and O–H groups in total. The van der Waals surface area contributed by atoms with Gasteiger partial charge in [0, 0.05) is 5.39 Å². The lowest BCUT2D eigenvalue weighted by atomic mass is 10.1. The molecule has 16 heavy (non-hydrogen) atoms. The Bertz CT molecular complexity index is 477. The van der Waals surface area contributed by atoms with Crippen molar-refractivity contribution in [2.24, 2.45) is 0 Å². The monoisotopic (exact) mass is 216 g/mol. The molecule has 0 radical (unpaired) electrons. The number of hydrogen-bond acceptors (Lipinski definition) is 2. The maximum Gasteiger partial charge on any atom is 0.126 e. The summed E-state index contributed by atoms with van der Waals surface area (Å²) in [6.07, 6.45) is 1.02. The lowest BCUT2D eigenvalue weighted by molar-refractivity contribution is 0.317. The Kier molecular flexibility index (Phi) is 3.30. The molecule has 84 valence electrons. The van der Waals surface area contributed by atoms with Gasteiger partial charge >= 0.3 is 0 Å². The molecule has 0 aliphatic rings. The SMILES string of the molecule is CCCOc1ccc2cccc(OC)c2c1. The second-order valence-corrected chi connectivity index (χ2v) is 3.69. The predicted molar refractivity (Wildman–Crippen MR) is 66.3 cm³/mol. The average Bonchev–Trinajstić information content (AvgIpc) is 2.35. The van der Waals surface area contributed by atoms with Gasteiger partial charge in [-0.05, 0) is 30.0 Å². The summed E-state index contributed by atoms with van der Waals surface area (Å²) in [6, 6.07) is 12.1. The third-order valence-electron chi connectivity index (χ3n) is 2.51. The first-order valence-corrected chi connectivity index (χ1v) is 5.54. The Morgan fingerprint density at radius 2 is 2.00 bits per heavy atom. The summed E-state index contributed by atoms with van der Waals surface area (Å²) in [6.45, 7) is 2.85. The number of rotatable bonds is 4. The van der Waals surface area contributed by atoms with E-state index >= 15 is 0 Å². The van der Waals surface area contributed by atoms with E-state index in [0.717, 1.165) is 29.9 Å². The molecule has 0 aromatic heterocycles. The van der Waals surface area contributed by atoms with Crippen LogP contribution < -0.4 is 9.47 Å². The summed E-state index contributed by atoms with van der Waals surface area (Å²) in [4.78, 5) is 0. The van der Waals surface area contributed by atoms with Gasteiger partial charge in [-0.2, -0.15) is 0 Å². The zero-order valence-electron chi connectivity index (χ0n) is 9.69. The molecule has 0 aliphatic heterocycles. The average molecular weight is 216 g/mol. The first-order valence-electron chi connectivity index (χ1n) is 5.54. The van der Waals surface area contributed by atoms with E-state index in [9.17, 15) is 0 Å². The molecular weight excluding hydrogens is 200 g/mol. The van der Waals surface area contributed by atoms with Crippen LogP contribution in [0.25, 0.3) is 10.8 Å². The molecule has 0 saturated carbocycles. The number of methoxy groups -OCH3 is 1. The molecule has 0 aliphatic carbocycles. The van der Waals surface area contributed by atoms with Gasteiger partial charge in [-0.15, -0.1) is 0 Å². The smallest absolute Gasteiger partial charge is 0.126 e. The van der Waals surface area contributed by atoms with Crippen molar-refractivity contribution in [1.29, 1.82) is 0 Å². The Balaban J connectivity index is 2.42. The van der Waals surface area contributed by atoms with Crippen LogP contribution in [0.1, 0.15) is 13.3 Å². The van der Waals surface area contributed by atoms with Crippen molar-refractivity contribution in [2.45, 2.75) is 13.3 Å². The quantitative estimate of drug-likeness (QED) is 0.776. The van der Waals surface area contributed by atoms with Gasteiger partial charge in [0.25, 0.3) is 0 Å². The minimum Gasteiger partial charge on any atom is -0.496 e. The first kappa shape index (κ1) is 10.8. The van der Waals surface area contributed by atoms with Gasteiger partial charge in [0.2, 0.25) is 0 Å². The predicted octanol–water partition coefficient (Wildman–Crippen LogP) is 3.64. The fourth-order valence-electron chi connectivity index (χ4n) is 1.71. The number of fused-ring (bicyclic) bond motifs is 1. The maximum atomic E-state index is 5.61. The molecule has 2 nitrogen and oxygen atoms in total. The third kappa shape index (κ3) is 2.11. The van der Waals surface area contributed by atoms with E-state index in [1.807, 2.05) is 24.3 Å². The minimum atomic E-state index is 0.751. The van der Waals surface area contributed by atoms with Crippen molar-refractivity contribution < 1.29 is 9.47 Å². The van der Waals surface area contributed by atoms with Crippen LogP contribution in [-0.2, 0) is 0 Å². The molecule has 0 amide bonds. The van der Waals surface area contributed by atoms with Crippen molar-refractivity contribution in [1.82, 2.24) is 0 Å². The molecule has 2 aromatic carbocycles. The van der Waals surface area contributed by atoms with Crippen LogP contribution in [0, 0.1) is 0 Å². The van der Waals surface area contributed by atoms with Crippen LogP contribution in [0.3, 0.4) is 0 Å². The summed E-state index contributed by atoms with van der Waals surface area (Å²) in [7, 11) is 1.69. The second kappa shape index (κ2) is 4.88. The zero-order valence-corrected chi connectivity index (χ0v) is 9.69. The lowest BCUT2D eigenvalue weighted by Crippen LogP contribution is -1.94. The lowest BCUT2D eigenvalue weighted by Gasteiger charge is -2.08. The highest BCUT2D eigenvalue weighted by Crippen LogP contribution is 2.28. The van der Waals surface area contributed by atoms with Crippen LogP contribution in [0.5, 0.6) is 11.5 Å². The molecule has 0 fully saturated rings. The number of hydrogen-bond donors (Lipinski definition) is 0. The van der Waals surface area contributed by atoms with Gasteiger partial charge in [0.15, 0.2) is 0 Å². The molecule has 0 atom stereocenters. The summed E-state index contributed by atoms with van der Waals surface area (Å²) >= 11 is 0. The van der Waals surface area contributed by atoms with Gasteiger partial charge in [0.05, 0.1) is 13.7 Å². The number of benzene rings is 2. The zero-order chi connectivity index (χ0) is 11.4. The standard InChI is InChI=1S/C14H16O2/c1-3-9-16-12-8-7-11-5-4-6-14(15-2)13(11)10-12/h4-8,10H,3,9H2,1-2H3. The summed E-state index contributed by atoms with van der Waals surface area (Å²) in [5.74, 6) is 1.79. The van der Waals surface area contributed by atoms with Crippen molar-refractivity contribution in [3.05, 3.63) is 36.4 Å². The summed E-state index contributed by atoms with van der Waals surface area (Å²) in [5, 5.41) is 2.27. The van der Waals surface area contributed by atoms with E-state index in [4.69, 9.17) is 9.47 Å². The topological polar surface area (TPSA) is 18.5 Å². The van der Waals surface area contributed by atoms with Crippen molar-refractivity contribution >= 4 is 10.8 Å². The molecule has 0 saturated heterocycles. The van der Waals surface area contributed by atoms with Gasteiger partial charge in [-0.1, -0.05) is 25.1 Å². The van der Waals surface area contributed by atoms with Crippen LogP contribution in [0.4, 0.5) is 0 Å². The normalized spacial score (nSPS) is 10.4. The molecule has 2 heteroatoms. The van der Waals surface area contributed by atoms with Crippen molar-refractivity contribution in [3.8, 4) is 11.5 Å². The van der Waals surface area contributed by atoms with Gasteiger partial charge in [0.1, 0.15) is 11.5 Å². The van der Waals surface area contributed by atoms with Crippen LogP contribution in [-0.4, -0.2) is 13.7 Å². The Morgan fingerprint density at radius 3 is 2.75 bits per heavy atom. The van der Waals surface area contributed by atoms with Crippen LogP contribution >= 0.6 is 0 Å². The van der Waals surface area contributed by atoms with Crippen LogP contribution in [0.2, 0.25) is 0 Å². The van der Waals surface area contributed by atoms with Crippen molar-refractivity contribution in [3.63, 3.8) is 0 Å². The molecule has 0 unspecified atom stereocenters. The fourth-order valence-corrected chi connectivity index (χ4v) is 1.71. The Morgan fingerprint density at radius 1 is 1.12 bits per heavy atom. The van der Waals surface area contributed by atoms with E-state index in [1.54, 1.807) is 7.11 Å². The van der Waals surface area contributed by atoms with E-state index in [1.165, 1.54) is 5.39 Å². The fraction of sp³-hybridized carbons (Fsp3) is 0.286. The highest BCUT2D eigenvalue weighted by atomic mass is 16.5. The molecule has 2 rings (SSSR count). The van der Waals surface area contributed by atoms with E-state index in [0.29, 0.717) is 0 Å². The van der Waals surface area contributed by atoms with Crippen LogP contribution in [0.15, 0.2) is 36.4 Å². The first-order chi connectivity index (χ1) is 7.85. The van der Waals surface area contributed by atoms with Gasteiger partial charge in [-0.25, -0.2) is 0 Å². The largest absolute Gasteiger partial charge is 0.496 e. The van der Waals surface area contributed by atoms with E-state index in [-0.39, 0.29) is 0 Å². The molecule has 0 bridgehead atoms. The maximum absolute atomic E-state index is 5.61. The van der Waals surface area contributed by atoms with E-state index < -0.39 is 0 Å². The van der Waals surface area contributed by atoms with Gasteiger partial charge in [-0.3, -0.25) is 0 Å². The minimum absolute atomic E-state index is 0.751. The van der Waals surface area contributed by atoms with Gasteiger partial charge < -0.3 is 9.47 Å². The van der Waals surface area contributed by atoms with Crippen molar-refractivity contribution in [2.75, 3.05) is 13.7 Å². The highest BCUT2D eigenvalue weighted by Gasteiger charge is 2.02. The number of ether oxygens (including phenoxy) is 2. The van der Waals surface area contributed by atoms with E-state index in [2.05, 4.69) is 19.1 Å². The Hall–Kier alpha value is -1.70. The molecular formula is C14H16O2. The molecule has 2 aromatic rings. The summed E-state index contributed by atoms with van der Waals surface area (Å²) in [5.41, 5.74) is 0. The molecule has 0 heterocycles. The Labute approximate surface area is 95.8 Å². The highest BCUT2D eigenvalue weighted by molar-refractivity contribution is 5.89. The second-order valence-electron chi connectivity index (χ2n) is 3.69.